The van der Waals surface area contributed by atoms with Gasteiger partial charge in [-0.2, -0.15) is 0 Å². The summed E-state index contributed by atoms with van der Waals surface area (Å²) >= 11 is 5.91. The highest BCUT2D eigenvalue weighted by Gasteiger charge is 2.28. The van der Waals surface area contributed by atoms with Gasteiger partial charge in [-0.15, -0.1) is 0 Å². The summed E-state index contributed by atoms with van der Waals surface area (Å²) in [6, 6.07) is 9.50. The van der Waals surface area contributed by atoms with E-state index in [9.17, 15) is 9.59 Å². The van der Waals surface area contributed by atoms with E-state index in [2.05, 4.69) is 10.2 Å². The highest BCUT2D eigenvalue weighted by molar-refractivity contribution is 6.30. The number of hydrogen-bond acceptors (Lipinski definition) is 5. The Balaban J connectivity index is 1.35. The van der Waals surface area contributed by atoms with Crippen molar-refractivity contribution in [2.24, 2.45) is 0 Å². The number of ether oxygens (including phenoxy) is 1. The van der Waals surface area contributed by atoms with Crippen LogP contribution in [0.3, 0.4) is 0 Å². The second kappa shape index (κ2) is 9.10. The molecule has 0 atom stereocenters. The molecule has 2 aliphatic rings. The van der Waals surface area contributed by atoms with E-state index in [1.807, 2.05) is 29.0 Å². The van der Waals surface area contributed by atoms with Gasteiger partial charge in [0.2, 0.25) is 11.6 Å². The number of nitrogens with zero attached hydrogens (tertiary/aromatic N) is 2. The first-order valence-corrected chi connectivity index (χ1v) is 11.4. The zero-order valence-electron chi connectivity index (χ0n) is 17.8. The van der Waals surface area contributed by atoms with E-state index in [0.29, 0.717) is 54.0 Å². The number of furan rings is 1. The minimum Gasteiger partial charge on any atom is -0.443 e. The lowest BCUT2D eigenvalue weighted by atomic mass is 10.1. The Morgan fingerprint density at radius 1 is 1.16 bits per heavy atom. The summed E-state index contributed by atoms with van der Waals surface area (Å²) in [6.45, 7) is 4.17. The van der Waals surface area contributed by atoms with E-state index in [1.54, 1.807) is 12.1 Å². The van der Waals surface area contributed by atoms with Crippen molar-refractivity contribution in [3.63, 3.8) is 0 Å². The zero-order chi connectivity index (χ0) is 22.1. The number of carbonyl (C=O) groups excluding carboxylic acids is 1. The number of halogens is 1. The standard InChI is InChI=1S/C24H26ClN3O4/c25-18-3-1-16(2-4-18)13-26-22(29)11-17-14-28(19-5-6-19)24-21(23(17)30)12-20(32-24)15-27-7-9-31-10-8-27/h1-4,12,14,19H,5-11,13,15H2,(H,26,29). The highest BCUT2D eigenvalue weighted by Crippen LogP contribution is 2.37. The summed E-state index contributed by atoms with van der Waals surface area (Å²) in [6.07, 6.45) is 3.96. The molecule has 0 spiro atoms. The molecule has 1 saturated heterocycles. The van der Waals surface area contributed by atoms with E-state index in [0.717, 1.165) is 37.3 Å². The van der Waals surface area contributed by atoms with Crippen molar-refractivity contribution in [2.75, 3.05) is 26.3 Å². The SMILES string of the molecule is O=C(Cc1cn(C2CC2)c2oc(CN3CCOCC3)cc2c1=O)NCc1ccc(Cl)cc1. The number of aromatic nitrogens is 1. The molecule has 5 rings (SSSR count). The molecule has 1 aliphatic carbocycles. The van der Waals surface area contributed by atoms with Gasteiger partial charge in [0.05, 0.1) is 31.6 Å². The molecule has 1 amide bonds. The second-order valence-corrected chi connectivity index (χ2v) is 8.96. The number of morpholine rings is 1. The van der Waals surface area contributed by atoms with Crippen LogP contribution in [-0.4, -0.2) is 41.7 Å². The second-order valence-electron chi connectivity index (χ2n) is 8.52. The van der Waals surface area contributed by atoms with Gasteiger partial charge in [0.1, 0.15) is 5.76 Å². The van der Waals surface area contributed by atoms with Gasteiger partial charge in [0.25, 0.3) is 0 Å². The van der Waals surface area contributed by atoms with Crippen LogP contribution in [0.15, 0.2) is 45.7 Å². The predicted octanol–water partition coefficient (Wildman–Crippen LogP) is 3.27. The summed E-state index contributed by atoms with van der Waals surface area (Å²) in [5.74, 6) is 0.591. The Kier molecular flexibility index (Phi) is 6.04. The molecule has 2 aromatic heterocycles. The Hall–Kier alpha value is -2.61. The quantitative estimate of drug-likeness (QED) is 0.591. The molecular weight excluding hydrogens is 430 g/mol. The Morgan fingerprint density at radius 3 is 2.62 bits per heavy atom. The number of benzene rings is 1. The van der Waals surface area contributed by atoms with Gasteiger partial charge in [-0.3, -0.25) is 14.5 Å². The van der Waals surface area contributed by atoms with Gasteiger partial charge in [0.15, 0.2) is 5.43 Å². The van der Waals surface area contributed by atoms with Crippen LogP contribution in [-0.2, 0) is 29.0 Å². The number of carbonyl (C=O) groups is 1. The van der Waals surface area contributed by atoms with Crippen molar-refractivity contribution in [3.8, 4) is 0 Å². The molecular formula is C24H26ClN3O4. The number of hydrogen-bond donors (Lipinski definition) is 1. The summed E-state index contributed by atoms with van der Waals surface area (Å²) in [7, 11) is 0. The lowest BCUT2D eigenvalue weighted by Crippen LogP contribution is -2.35. The van der Waals surface area contributed by atoms with Crippen LogP contribution < -0.4 is 10.7 Å². The normalized spacial score (nSPS) is 17.0. The number of rotatable bonds is 7. The minimum absolute atomic E-state index is 0.0407. The molecule has 2 fully saturated rings. The number of fused-ring (bicyclic) bond motifs is 1. The van der Waals surface area contributed by atoms with Crippen molar-refractivity contribution in [1.29, 1.82) is 0 Å². The molecule has 1 aromatic carbocycles. The third kappa shape index (κ3) is 4.75. The molecule has 0 unspecified atom stereocenters. The molecule has 0 bridgehead atoms. The fourth-order valence-corrected chi connectivity index (χ4v) is 4.22. The Morgan fingerprint density at radius 2 is 1.91 bits per heavy atom. The first-order chi connectivity index (χ1) is 15.6. The Bertz CT molecular complexity index is 1170. The highest BCUT2D eigenvalue weighted by atomic mass is 35.5. The predicted molar refractivity (Wildman–Crippen MR) is 122 cm³/mol. The molecule has 0 radical (unpaired) electrons. The smallest absolute Gasteiger partial charge is 0.224 e. The maximum atomic E-state index is 13.2. The van der Waals surface area contributed by atoms with Crippen molar-refractivity contribution >= 4 is 28.6 Å². The van der Waals surface area contributed by atoms with Crippen LogP contribution in [0.1, 0.15) is 35.8 Å². The average Bonchev–Trinajstić information content (AvgIpc) is 3.55. The minimum atomic E-state index is -0.184. The van der Waals surface area contributed by atoms with E-state index in [-0.39, 0.29) is 17.8 Å². The largest absolute Gasteiger partial charge is 0.443 e. The molecule has 8 heteroatoms. The lowest BCUT2D eigenvalue weighted by Gasteiger charge is -2.25. The number of amides is 1. The molecule has 1 aliphatic heterocycles. The first-order valence-electron chi connectivity index (χ1n) is 11.0. The van der Waals surface area contributed by atoms with Crippen molar-refractivity contribution in [2.45, 2.75) is 38.4 Å². The van der Waals surface area contributed by atoms with Crippen LogP contribution in [0.2, 0.25) is 5.02 Å². The molecule has 3 heterocycles. The monoisotopic (exact) mass is 455 g/mol. The molecule has 1 saturated carbocycles. The molecule has 168 valence electrons. The maximum Gasteiger partial charge on any atom is 0.224 e. The van der Waals surface area contributed by atoms with Crippen LogP contribution in [0.4, 0.5) is 0 Å². The van der Waals surface area contributed by atoms with Crippen LogP contribution in [0, 0.1) is 0 Å². The van der Waals surface area contributed by atoms with Crippen molar-refractivity contribution < 1.29 is 13.9 Å². The van der Waals surface area contributed by atoms with Gasteiger partial charge in [0, 0.05) is 42.5 Å². The molecule has 7 nitrogen and oxygen atoms in total. The van der Waals surface area contributed by atoms with Crippen molar-refractivity contribution in [3.05, 3.63) is 68.7 Å². The summed E-state index contributed by atoms with van der Waals surface area (Å²) in [5.41, 5.74) is 1.94. The van der Waals surface area contributed by atoms with E-state index < -0.39 is 0 Å². The van der Waals surface area contributed by atoms with Crippen LogP contribution in [0.5, 0.6) is 0 Å². The number of pyridine rings is 1. The van der Waals surface area contributed by atoms with E-state index >= 15 is 0 Å². The third-order valence-electron chi connectivity index (χ3n) is 6.01. The fraction of sp³-hybridized carbons (Fsp3) is 0.417. The maximum absolute atomic E-state index is 13.2. The first kappa shape index (κ1) is 21.2. The zero-order valence-corrected chi connectivity index (χ0v) is 18.6. The van der Waals surface area contributed by atoms with Gasteiger partial charge >= 0.3 is 0 Å². The topological polar surface area (TPSA) is 76.7 Å². The molecule has 32 heavy (non-hydrogen) atoms. The lowest BCUT2D eigenvalue weighted by molar-refractivity contribution is -0.120. The van der Waals surface area contributed by atoms with E-state index in [4.69, 9.17) is 20.8 Å². The van der Waals surface area contributed by atoms with Crippen LogP contribution >= 0.6 is 11.6 Å². The molecule has 3 aromatic rings. The van der Waals surface area contributed by atoms with Gasteiger partial charge < -0.3 is 19.0 Å². The van der Waals surface area contributed by atoms with Crippen molar-refractivity contribution in [1.82, 2.24) is 14.8 Å². The van der Waals surface area contributed by atoms with Gasteiger partial charge in [-0.25, -0.2) is 0 Å². The summed E-state index contributed by atoms with van der Waals surface area (Å²) < 4.78 is 13.6. The van der Waals surface area contributed by atoms with Crippen LogP contribution in [0.25, 0.3) is 11.1 Å². The van der Waals surface area contributed by atoms with Gasteiger partial charge in [-0.1, -0.05) is 23.7 Å². The Labute approximate surface area is 190 Å². The number of nitrogens with one attached hydrogen (secondary N) is 1. The average molecular weight is 456 g/mol. The van der Waals surface area contributed by atoms with Gasteiger partial charge in [-0.05, 0) is 36.6 Å². The van der Waals surface area contributed by atoms with E-state index in [1.165, 1.54) is 0 Å². The summed E-state index contributed by atoms with van der Waals surface area (Å²) in [5, 5.41) is 4.11. The fourth-order valence-electron chi connectivity index (χ4n) is 4.09. The molecule has 1 N–H and O–H groups in total. The third-order valence-corrected chi connectivity index (χ3v) is 6.26. The summed E-state index contributed by atoms with van der Waals surface area (Å²) in [4.78, 5) is 28.0.